The molecule has 1 aromatic carbocycles. The van der Waals surface area contributed by atoms with Gasteiger partial charge in [0, 0.05) is 17.2 Å². The second-order valence-electron chi connectivity index (χ2n) is 4.08. The zero-order chi connectivity index (χ0) is 15.2. The molecule has 7 heteroatoms. The molecule has 2 rings (SSSR count). The Kier molecular flexibility index (Phi) is 5.32. The summed E-state index contributed by atoms with van der Waals surface area (Å²) in [6.45, 7) is -2.46. The van der Waals surface area contributed by atoms with E-state index in [1.807, 2.05) is 12.1 Å². The van der Waals surface area contributed by atoms with E-state index in [1.165, 1.54) is 13.2 Å². The smallest absolute Gasteiger partial charge is 0.387 e. The number of rotatable bonds is 6. The minimum atomic E-state index is -2.89. The fraction of sp³-hybridized carbons (Fsp3) is 0.214. The van der Waals surface area contributed by atoms with E-state index < -0.39 is 6.61 Å². The molecule has 4 nitrogen and oxygen atoms in total. The fourth-order valence-corrected chi connectivity index (χ4v) is 1.93. The van der Waals surface area contributed by atoms with Gasteiger partial charge in [0.05, 0.1) is 7.11 Å². The molecule has 0 radical (unpaired) electrons. The maximum atomic E-state index is 12.3. The van der Waals surface area contributed by atoms with Crippen LogP contribution in [-0.4, -0.2) is 18.7 Å². The number of anilines is 1. The number of ether oxygens (including phenoxy) is 2. The molecule has 0 aliphatic rings. The molecular weight excluding hydrogens is 346 g/mol. The average molecular weight is 359 g/mol. The number of alkyl halides is 2. The van der Waals surface area contributed by atoms with Gasteiger partial charge < -0.3 is 14.8 Å². The normalized spacial score (nSPS) is 10.5. The first-order valence-corrected chi connectivity index (χ1v) is 6.85. The van der Waals surface area contributed by atoms with Gasteiger partial charge >= 0.3 is 6.61 Å². The zero-order valence-corrected chi connectivity index (χ0v) is 12.7. The van der Waals surface area contributed by atoms with Crippen LogP contribution in [0.3, 0.4) is 0 Å². The number of hydrogen-bond donors (Lipinski definition) is 1. The first-order chi connectivity index (χ1) is 10.1. The second-order valence-corrected chi connectivity index (χ2v) is 4.99. The van der Waals surface area contributed by atoms with Crippen molar-refractivity contribution in [2.75, 3.05) is 12.4 Å². The summed E-state index contributed by atoms with van der Waals surface area (Å²) in [5.41, 5.74) is 0.774. The lowest BCUT2D eigenvalue weighted by Crippen LogP contribution is -2.05. The van der Waals surface area contributed by atoms with E-state index >= 15 is 0 Å². The van der Waals surface area contributed by atoms with Gasteiger partial charge in [0.25, 0.3) is 0 Å². The minimum absolute atomic E-state index is 0.00978. The van der Waals surface area contributed by atoms with Crippen LogP contribution in [0.1, 0.15) is 5.56 Å². The van der Waals surface area contributed by atoms with Crippen LogP contribution in [0.4, 0.5) is 14.6 Å². The van der Waals surface area contributed by atoms with E-state index in [0.29, 0.717) is 12.4 Å². The molecule has 0 amide bonds. The van der Waals surface area contributed by atoms with Gasteiger partial charge in [-0.25, -0.2) is 4.98 Å². The monoisotopic (exact) mass is 358 g/mol. The minimum Gasteiger partial charge on any atom is -0.493 e. The van der Waals surface area contributed by atoms with Gasteiger partial charge in [0.15, 0.2) is 11.5 Å². The maximum Gasteiger partial charge on any atom is 0.387 e. The number of pyridine rings is 1. The molecule has 0 aliphatic heterocycles. The van der Waals surface area contributed by atoms with Crippen molar-refractivity contribution in [1.29, 1.82) is 0 Å². The van der Waals surface area contributed by atoms with E-state index in [9.17, 15) is 8.78 Å². The van der Waals surface area contributed by atoms with Gasteiger partial charge in [0.2, 0.25) is 0 Å². The van der Waals surface area contributed by atoms with Gasteiger partial charge in [-0.3, -0.25) is 0 Å². The van der Waals surface area contributed by atoms with Crippen molar-refractivity contribution in [2.45, 2.75) is 13.2 Å². The zero-order valence-electron chi connectivity index (χ0n) is 11.1. The summed E-state index contributed by atoms with van der Waals surface area (Å²) >= 11 is 3.30. The van der Waals surface area contributed by atoms with Crippen molar-refractivity contribution in [3.8, 4) is 11.5 Å². The Bertz CT molecular complexity index is 594. The Hall–Kier alpha value is -1.89. The summed E-state index contributed by atoms with van der Waals surface area (Å²) in [4.78, 5) is 4.16. The highest BCUT2D eigenvalue weighted by Crippen LogP contribution is 2.29. The number of benzene rings is 1. The molecule has 0 fully saturated rings. The van der Waals surface area contributed by atoms with Crippen LogP contribution in [0.25, 0.3) is 0 Å². The summed E-state index contributed by atoms with van der Waals surface area (Å²) in [7, 11) is 1.40. The number of hydrogen-bond acceptors (Lipinski definition) is 4. The first kappa shape index (κ1) is 15.5. The molecule has 0 aliphatic carbocycles. The molecule has 0 spiro atoms. The van der Waals surface area contributed by atoms with Crippen LogP contribution < -0.4 is 14.8 Å². The summed E-state index contributed by atoms with van der Waals surface area (Å²) in [6, 6.07) is 8.53. The molecule has 112 valence electrons. The summed E-state index contributed by atoms with van der Waals surface area (Å²) < 4.78 is 35.0. The molecular formula is C14H13BrF2N2O2. The fourth-order valence-electron chi connectivity index (χ4n) is 1.69. The standard InChI is InChI=1S/C14H13BrF2N2O2/c1-20-11-4-2-9(6-12(11)21-14(16)17)7-18-13-5-3-10(15)8-19-13/h2-6,8,14H,7H2,1H3,(H,18,19). The Morgan fingerprint density at radius 3 is 2.67 bits per heavy atom. The highest BCUT2D eigenvalue weighted by molar-refractivity contribution is 9.10. The van der Waals surface area contributed by atoms with Crippen molar-refractivity contribution < 1.29 is 18.3 Å². The molecule has 0 saturated heterocycles. The third-order valence-corrected chi connectivity index (χ3v) is 3.11. The number of halogens is 3. The average Bonchev–Trinajstić information content (AvgIpc) is 2.46. The van der Waals surface area contributed by atoms with Gasteiger partial charge in [-0.2, -0.15) is 8.78 Å². The van der Waals surface area contributed by atoms with Crippen molar-refractivity contribution in [2.24, 2.45) is 0 Å². The summed E-state index contributed by atoms with van der Waals surface area (Å²) in [5.74, 6) is 0.960. The van der Waals surface area contributed by atoms with Crippen LogP contribution in [0.15, 0.2) is 41.0 Å². The molecule has 1 aromatic heterocycles. The number of nitrogens with one attached hydrogen (secondary N) is 1. The predicted octanol–water partition coefficient (Wildman–Crippen LogP) is 4.07. The van der Waals surface area contributed by atoms with Crippen molar-refractivity contribution in [3.63, 3.8) is 0 Å². The molecule has 0 atom stereocenters. The van der Waals surface area contributed by atoms with E-state index in [1.54, 1.807) is 18.3 Å². The molecule has 0 unspecified atom stereocenters. The Balaban J connectivity index is 2.07. The second kappa shape index (κ2) is 7.21. The Morgan fingerprint density at radius 2 is 2.05 bits per heavy atom. The molecule has 0 saturated carbocycles. The first-order valence-electron chi connectivity index (χ1n) is 6.05. The van der Waals surface area contributed by atoms with Gasteiger partial charge in [-0.15, -0.1) is 0 Å². The predicted molar refractivity (Wildman–Crippen MR) is 78.9 cm³/mol. The molecule has 2 aromatic rings. The topological polar surface area (TPSA) is 43.4 Å². The van der Waals surface area contributed by atoms with Crippen LogP contribution in [0, 0.1) is 0 Å². The molecule has 0 bridgehead atoms. The highest BCUT2D eigenvalue weighted by atomic mass is 79.9. The van der Waals surface area contributed by atoms with Crippen LogP contribution in [-0.2, 0) is 6.54 Å². The van der Waals surface area contributed by atoms with Gasteiger partial charge in [-0.05, 0) is 45.8 Å². The molecule has 1 heterocycles. The lowest BCUT2D eigenvalue weighted by molar-refractivity contribution is -0.0512. The SMILES string of the molecule is COc1ccc(CNc2ccc(Br)cn2)cc1OC(F)F. The van der Waals surface area contributed by atoms with Crippen molar-refractivity contribution >= 4 is 21.7 Å². The summed E-state index contributed by atoms with van der Waals surface area (Å²) in [5, 5.41) is 3.09. The molecule has 1 N–H and O–H groups in total. The van der Waals surface area contributed by atoms with E-state index in [2.05, 4.69) is 31.0 Å². The Morgan fingerprint density at radius 1 is 1.24 bits per heavy atom. The van der Waals surface area contributed by atoms with Crippen LogP contribution in [0.5, 0.6) is 11.5 Å². The van der Waals surface area contributed by atoms with Crippen LogP contribution >= 0.6 is 15.9 Å². The van der Waals surface area contributed by atoms with Crippen LogP contribution in [0.2, 0.25) is 0 Å². The number of methoxy groups -OCH3 is 1. The van der Waals surface area contributed by atoms with Crippen molar-refractivity contribution in [3.05, 3.63) is 46.6 Å². The highest BCUT2D eigenvalue weighted by Gasteiger charge is 2.11. The molecule has 21 heavy (non-hydrogen) atoms. The van der Waals surface area contributed by atoms with E-state index in [0.717, 1.165) is 10.0 Å². The van der Waals surface area contributed by atoms with E-state index in [-0.39, 0.29) is 11.5 Å². The lowest BCUT2D eigenvalue weighted by Gasteiger charge is -2.12. The lowest BCUT2D eigenvalue weighted by atomic mass is 10.2. The van der Waals surface area contributed by atoms with Crippen molar-refractivity contribution in [1.82, 2.24) is 4.98 Å². The third kappa shape index (κ3) is 4.56. The summed E-state index contributed by atoms with van der Waals surface area (Å²) in [6.07, 6.45) is 1.67. The quantitative estimate of drug-likeness (QED) is 0.845. The van der Waals surface area contributed by atoms with Gasteiger partial charge in [0.1, 0.15) is 5.82 Å². The largest absolute Gasteiger partial charge is 0.493 e. The van der Waals surface area contributed by atoms with Gasteiger partial charge in [-0.1, -0.05) is 6.07 Å². The number of aromatic nitrogens is 1. The number of nitrogens with zero attached hydrogens (tertiary/aromatic N) is 1. The maximum absolute atomic E-state index is 12.3. The third-order valence-electron chi connectivity index (χ3n) is 2.65. The Labute approximate surface area is 129 Å². The van der Waals surface area contributed by atoms with E-state index in [4.69, 9.17) is 4.74 Å².